The number of benzene rings is 1. The quantitative estimate of drug-likeness (QED) is 0.674. The summed E-state index contributed by atoms with van der Waals surface area (Å²) in [6, 6.07) is 3.27. The van der Waals surface area contributed by atoms with Crippen molar-refractivity contribution in [2.75, 3.05) is 18.0 Å². The molecule has 0 saturated carbocycles. The molecule has 1 fully saturated rings. The molecule has 1 aliphatic rings. The Morgan fingerprint density at radius 1 is 1.46 bits per heavy atom. The van der Waals surface area contributed by atoms with Crippen LogP contribution in [0.4, 0.5) is 15.8 Å². The van der Waals surface area contributed by atoms with Crippen LogP contribution in [-0.4, -0.2) is 29.8 Å². The van der Waals surface area contributed by atoms with Gasteiger partial charge in [0.1, 0.15) is 0 Å². The van der Waals surface area contributed by atoms with Gasteiger partial charge >= 0.3 is 5.69 Å². The SMILES string of the molecule is CC(C)(C)CNC(=O)C1CC(=O)N(c2ccc(F)c([N+](=O)[O-])c2)C1. The van der Waals surface area contributed by atoms with Crippen LogP contribution >= 0.6 is 0 Å². The van der Waals surface area contributed by atoms with Crippen molar-refractivity contribution >= 4 is 23.2 Å². The summed E-state index contributed by atoms with van der Waals surface area (Å²) in [4.78, 5) is 35.6. The van der Waals surface area contributed by atoms with Crippen LogP contribution in [0.2, 0.25) is 0 Å². The molecular weight excluding hydrogens is 317 g/mol. The average Bonchev–Trinajstić information content (AvgIpc) is 2.86. The Labute approximate surface area is 139 Å². The third kappa shape index (κ3) is 4.06. The molecule has 24 heavy (non-hydrogen) atoms. The first-order valence-corrected chi connectivity index (χ1v) is 7.60. The smallest absolute Gasteiger partial charge is 0.306 e. The molecule has 7 nitrogen and oxygen atoms in total. The van der Waals surface area contributed by atoms with Crippen molar-refractivity contribution in [1.29, 1.82) is 0 Å². The number of hydrogen-bond acceptors (Lipinski definition) is 4. The van der Waals surface area contributed by atoms with Gasteiger partial charge in [-0.1, -0.05) is 20.8 Å². The molecule has 1 aromatic carbocycles. The maximum absolute atomic E-state index is 13.4. The van der Waals surface area contributed by atoms with Crippen LogP contribution in [0, 0.1) is 27.3 Å². The zero-order chi connectivity index (χ0) is 18.1. The summed E-state index contributed by atoms with van der Waals surface area (Å²) in [6.07, 6.45) is 0.0289. The first kappa shape index (κ1) is 17.8. The molecule has 8 heteroatoms. The van der Waals surface area contributed by atoms with Crippen LogP contribution in [0.5, 0.6) is 0 Å². The number of halogens is 1. The number of carbonyl (C=O) groups is 2. The van der Waals surface area contributed by atoms with E-state index < -0.39 is 22.3 Å². The van der Waals surface area contributed by atoms with Crippen LogP contribution in [0.1, 0.15) is 27.2 Å². The van der Waals surface area contributed by atoms with E-state index in [1.807, 2.05) is 20.8 Å². The van der Waals surface area contributed by atoms with E-state index in [4.69, 9.17) is 0 Å². The first-order chi connectivity index (χ1) is 11.1. The minimum absolute atomic E-state index is 0.0289. The third-order valence-electron chi connectivity index (χ3n) is 3.73. The molecule has 0 bridgehead atoms. The number of nitro groups is 1. The van der Waals surface area contributed by atoms with Gasteiger partial charge in [-0.2, -0.15) is 4.39 Å². The highest BCUT2D eigenvalue weighted by atomic mass is 19.1. The van der Waals surface area contributed by atoms with Gasteiger partial charge in [0.15, 0.2) is 0 Å². The van der Waals surface area contributed by atoms with Crippen molar-refractivity contribution in [2.45, 2.75) is 27.2 Å². The zero-order valence-electron chi connectivity index (χ0n) is 13.8. The molecule has 1 atom stereocenters. The second-order valence-electron chi connectivity index (χ2n) is 7.08. The Morgan fingerprint density at radius 2 is 2.12 bits per heavy atom. The molecule has 2 amide bonds. The lowest BCUT2D eigenvalue weighted by Crippen LogP contribution is -2.37. The van der Waals surface area contributed by atoms with Crippen LogP contribution in [-0.2, 0) is 9.59 Å². The molecule has 0 aromatic heterocycles. The van der Waals surface area contributed by atoms with Crippen LogP contribution in [0.3, 0.4) is 0 Å². The Balaban J connectivity index is 2.11. The van der Waals surface area contributed by atoms with Crippen molar-refractivity contribution in [1.82, 2.24) is 5.32 Å². The minimum Gasteiger partial charge on any atom is -0.355 e. The number of hydrogen-bond donors (Lipinski definition) is 1. The molecule has 1 N–H and O–H groups in total. The van der Waals surface area contributed by atoms with E-state index >= 15 is 0 Å². The number of amides is 2. The van der Waals surface area contributed by atoms with Gasteiger partial charge in [0.05, 0.1) is 16.5 Å². The largest absolute Gasteiger partial charge is 0.355 e. The summed E-state index contributed by atoms with van der Waals surface area (Å²) < 4.78 is 13.4. The van der Waals surface area contributed by atoms with Gasteiger partial charge in [0, 0.05) is 25.6 Å². The molecule has 130 valence electrons. The Kier molecular flexibility index (Phi) is 4.86. The van der Waals surface area contributed by atoms with E-state index in [1.54, 1.807) is 0 Å². The van der Waals surface area contributed by atoms with Crippen molar-refractivity contribution in [3.63, 3.8) is 0 Å². The van der Waals surface area contributed by atoms with Crippen LogP contribution < -0.4 is 10.2 Å². The van der Waals surface area contributed by atoms with E-state index in [-0.39, 0.29) is 35.9 Å². The second kappa shape index (κ2) is 6.54. The Hall–Kier alpha value is -2.51. The van der Waals surface area contributed by atoms with Gasteiger partial charge in [-0.15, -0.1) is 0 Å². The fraction of sp³-hybridized carbons (Fsp3) is 0.500. The van der Waals surface area contributed by atoms with E-state index in [0.29, 0.717) is 6.54 Å². The topological polar surface area (TPSA) is 92.6 Å². The lowest BCUT2D eigenvalue weighted by Gasteiger charge is -2.20. The fourth-order valence-corrected chi connectivity index (χ4v) is 2.44. The number of rotatable bonds is 4. The number of nitro benzene ring substituents is 1. The van der Waals surface area contributed by atoms with Gasteiger partial charge in [-0.05, 0) is 17.5 Å². The van der Waals surface area contributed by atoms with Crippen molar-refractivity contribution in [3.8, 4) is 0 Å². The number of carbonyl (C=O) groups excluding carboxylic acids is 2. The van der Waals surface area contributed by atoms with Crippen LogP contribution in [0.15, 0.2) is 18.2 Å². The molecule has 0 spiro atoms. The highest BCUT2D eigenvalue weighted by molar-refractivity contribution is 6.00. The monoisotopic (exact) mass is 337 g/mol. The summed E-state index contributed by atoms with van der Waals surface area (Å²) in [5, 5.41) is 13.6. The summed E-state index contributed by atoms with van der Waals surface area (Å²) in [5.41, 5.74) is -0.546. The van der Waals surface area contributed by atoms with Crippen LogP contribution in [0.25, 0.3) is 0 Å². The number of anilines is 1. The normalized spacial score (nSPS) is 17.9. The number of nitrogens with one attached hydrogen (secondary N) is 1. The van der Waals surface area contributed by atoms with Crippen molar-refractivity contribution in [2.24, 2.45) is 11.3 Å². The molecule has 0 aliphatic carbocycles. The van der Waals surface area contributed by atoms with Crippen molar-refractivity contribution < 1.29 is 18.9 Å². The third-order valence-corrected chi connectivity index (χ3v) is 3.73. The predicted molar refractivity (Wildman–Crippen MR) is 86.0 cm³/mol. The summed E-state index contributed by atoms with van der Waals surface area (Å²) >= 11 is 0. The van der Waals surface area contributed by atoms with Gasteiger partial charge in [-0.3, -0.25) is 19.7 Å². The second-order valence-corrected chi connectivity index (χ2v) is 7.08. The molecule has 1 unspecified atom stereocenters. The summed E-state index contributed by atoms with van der Waals surface area (Å²) in [6.45, 7) is 6.56. The highest BCUT2D eigenvalue weighted by Crippen LogP contribution is 2.29. The molecular formula is C16H20FN3O4. The van der Waals surface area contributed by atoms with E-state index in [9.17, 15) is 24.1 Å². The predicted octanol–water partition coefficient (Wildman–Crippen LogP) is 2.25. The minimum atomic E-state index is -0.963. The maximum Gasteiger partial charge on any atom is 0.306 e. The zero-order valence-corrected chi connectivity index (χ0v) is 13.8. The lowest BCUT2D eigenvalue weighted by atomic mass is 9.96. The van der Waals surface area contributed by atoms with Gasteiger partial charge in [-0.25, -0.2) is 0 Å². The van der Waals surface area contributed by atoms with E-state index in [0.717, 1.165) is 12.1 Å². The molecule has 1 heterocycles. The summed E-state index contributed by atoms with van der Waals surface area (Å²) in [7, 11) is 0. The first-order valence-electron chi connectivity index (χ1n) is 7.60. The number of nitrogens with zero attached hydrogens (tertiary/aromatic N) is 2. The van der Waals surface area contributed by atoms with E-state index in [2.05, 4.69) is 5.32 Å². The van der Waals surface area contributed by atoms with E-state index in [1.165, 1.54) is 11.0 Å². The summed E-state index contributed by atoms with van der Waals surface area (Å²) in [5.74, 6) is -2.02. The molecule has 1 aliphatic heterocycles. The van der Waals surface area contributed by atoms with Gasteiger partial charge in [0.25, 0.3) is 0 Å². The highest BCUT2D eigenvalue weighted by Gasteiger charge is 2.36. The van der Waals surface area contributed by atoms with Crippen molar-refractivity contribution in [3.05, 3.63) is 34.1 Å². The molecule has 2 rings (SSSR count). The average molecular weight is 337 g/mol. The molecule has 1 aromatic rings. The maximum atomic E-state index is 13.4. The standard InChI is InChI=1S/C16H20FN3O4/c1-16(2,3)9-18-15(22)10-6-14(21)19(8-10)11-4-5-12(17)13(7-11)20(23)24/h4-5,7,10H,6,8-9H2,1-3H3,(H,18,22). The Bertz CT molecular complexity index is 684. The Morgan fingerprint density at radius 3 is 2.71 bits per heavy atom. The van der Waals surface area contributed by atoms with Gasteiger partial charge in [0.2, 0.25) is 17.6 Å². The molecule has 0 radical (unpaired) electrons. The lowest BCUT2D eigenvalue weighted by molar-refractivity contribution is -0.387. The fourth-order valence-electron chi connectivity index (χ4n) is 2.44. The molecule has 1 saturated heterocycles. The van der Waals surface area contributed by atoms with Gasteiger partial charge < -0.3 is 10.2 Å².